The molecule has 3 atom stereocenters. The molecule has 118 valence electrons. The van der Waals surface area contributed by atoms with Gasteiger partial charge in [0, 0.05) is 25.4 Å². The van der Waals surface area contributed by atoms with Crippen molar-refractivity contribution in [1.82, 2.24) is 4.90 Å². The van der Waals surface area contributed by atoms with E-state index >= 15 is 0 Å². The molecule has 4 heteroatoms. The third-order valence-electron chi connectivity index (χ3n) is 5.07. The summed E-state index contributed by atoms with van der Waals surface area (Å²) in [6.45, 7) is 1.99. The molecule has 2 aliphatic heterocycles. The minimum absolute atomic E-state index is 0.0419. The second-order valence-corrected chi connectivity index (χ2v) is 6.75. The Kier molecular flexibility index (Phi) is 3.78. The zero-order valence-electron chi connectivity index (χ0n) is 12.9. The molecule has 1 aromatic carbocycles. The average molecular weight is 301 g/mol. The summed E-state index contributed by atoms with van der Waals surface area (Å²) >= 11 is 0. The second-order valence-electron chi connectivity index (χ2n) is 6.75. The van der Waals surface area contributed by atoms with E-state index in [9.17, 15) is 4.79 Å². The van der Waals surface area contributed by atoms with Crippen molar-refractivity contribution in [3.8, 4) is 5.75 Å². The van der Waals surface area contributed by atoms with Gasteiger partial charge in [0.2, 0.25) is 0 Å². The molecule has 1 saturated carbocycles. The van der Waals surface area contributed by atoms with Gasteiger partial charge in [-0.25, -0.2) is 0 Å². The Morgan fingerprint density at radius 1 is 1.27 bits per heavy atom. The van der Waals surface area contributed by atoms with Crippen LogP contribution < -0.4 is 4.74 Å². The van der Waals surface area contributed by atoms with Crippen LogP contribution in [0.5, 0.6) is 5.75 Å². The predicted molar refractivity (Wildman–Crippen MR) is 82.9 cm³/mol. The normalized spacial score (nSPS) is 30.7. The van der Waals surface area contributed by atoms with E-state index in [0.29, 0.717) is 12.5 Å². The molecule has 0 amide bonds. The van der Waals surface area contributed by atoms with E-state index in [4.69, 9.17) is 9.47 Å². The van der Waals surface area contributed by atoms with Crippen molar-refractivity contribution in [2.75, 3.05) is 13.2 Å². The van der Waals surface area contributed by atoms with Crippen LogP contribution in [0.2, 0.25) is 0 Å². The highest BCUT2D eigenvalue weighted by atomic mass is 16.5. The molecular formula is C18H23NO3. The summed E-state index contributed by atoms with van der Waals surface area (Å²) in [6.07, 6.45) is 6.35. The highest BCUT2D eigenvalue weighted by Crippen LogP contribution is 2.33. The molecule has 4 nitrogen and oxygen atoms in total. The summed E-state index contributed by atoms with van der Waals surface area (Å²) in [6, 6.07) is 9.65. The van der Waals surface area contributed by atoms with Crippen molar-refractivity contribution in [3.05, 3.63) is 29.8 Å². The lowest BCUT2D eigenvalue weighted by molar-refractivity contribution is -0.141. The Morgan fingerprint density at radius 2 is 2.18 bits per heavy atom. The minimum Gasteiger partial charge on any atom is -0.492 e. The van der Waals surface area contributed by atoms with Gasteiger partial charge >= 0.3 is 5.97 Å². The molecule has 2 saturated heterocycles. The van der Waals surface area contributed by atoms with Gasteiger partial charge in [-0.3, -0.25) is 9.69 Å². The fourth-order valence-electron chi connectivity index (χ4n) is 3.45. The summed E-state index contributed by atoms with van der Waals surface area (Å²) in [5.41, 5.74) is 1.18. The third-order valence-corrected chi connectivity index (χ3v) is 5.07. The molecule has 3 aliphatic rings. The Labute approximate surface area is 131 Å². The van der Waals surface area contributed by atoms with Gasteiger partial charge < -0.3 is 9.47 Å². The number of hydrogen-bond donors (Lipinski definition) is 0. The Balaban J connectivity index is 1.27. The predicted octanol–water partition coefficient (Wildman–Crippen LogP) is 2.55. The zero-order valence-corrected chi connectivity index (χ0v) is 12.9. The van der Waals surface area contributed by atoms with Crippen LogP contribution in [-0.4, -0.2) is 42.2 Å². The quantitative estimate of drug-likeness (QED) is 0.598. The zero-order chi connectivity index (χ0) is 14.9. The van der Waals surface area contributed by atoms with E-state index in [-0.39, 0.29) is 12.1 Å². The van der Waals surface area contributed by atoms with Crippen LogP contribution in [-0.2, 0) is 16.0 Å². The number of nitrogens with zero attached hydrogens (tertiary/aromatic N) is 1. The van der Waals surface area contributed by atoms with E-state index in [1.807, 2.05) is 12.1 Å². The van der Waals surface area contributed by atoms with Crippen LogP contribution in [0.15, 0.2) is 24.3 Å². The first-order valence-corrected chi connectivity index (χ1v) is 8.45. The smallest absolute Gasteiger partial charge is 0.306 e. The summed E-state index contributed by atoms with van der Waals surface area (Å²) in [5.74, 6) is 0.865. The van der Waals surface area contributed by atoms with Crippen LogP contribution in [0.3, 0.4) is 0 Å². The largest absolute Gasteiger partial charge is 0.492 e. The van der Waals surface area contributed by atoms with Crippen molar-refractivity contribution >= 4 is 5.97 Å². The lowest BCUT2D eigenvalue weighted by Gasteiger charge is -2.27. The summed E-state index contributed by atoms with van der Waals surface area (Å²) in [4.78, 5) is 13.7. The Bertz CT molecular complexity index is 555. The van der Waals surface area contributed by atoms with E-state index in [1.165, 1.54) is 31.4 Å². The van der Waals surface area contributed by atoms with Gasteiger partial charge in [-0.05, 0) is 37.0 Å². The van der Waals surface area contributed by atoms with Crippen LogP contribution in [0.1, 0.15) is 37.7 Å². The molecule has 2 heterocycles. The summed E-state index contributed by atoms with van der Waals surface area (Å²) in [7, 11) is 0. The van der Waals surface area contributed by atoms with Crippen LogP contribution in [0, 0.1) is 0 Å². The first-order chi connectivity index (χ1) is 10.8. The van der Waals surface area contributed by atoms with Crippen molar-refractivity contribution in [3.63, 3.8) is 0 Å². The van der Waals surface area contributed by atoms with E-state index in [0.717, 1.165) is 31.2 Å². The van der Waals surface area contributed by atoms with Gasteiger partial charge in [0.25, 0.3) is 0 Å². The Hall–Kier alpha value is -1.55. The molecule has 0 radical (unpaired) electrons. The first kappa shape index (κ1) is 14.1. The Morgan fingerprint density at radius 3 is 2.91 bits per heavy atom. The van der Waals surface area contributed by atoms with Gasteiger partial charge in [-0.1, -0.05) is 18.6 Å². The number of benzene rings is 1. The number of cyclic esters (lactones) is 1. The van der Waals surface area contributed by atoms with Crippen molar-refractivity contribution in [2.24, 2.45) is 0 Å². The molecule has 3 unspecified atom stereocenters. The molecule has 1 aromatic rings. The minimum atomic E-state index is -0.0674. The third kappa shape index (κ3) is 3.12. The van der Waals surface area contributed by atoms with E-state index in [2.05, 4.69) is 17.0 Å². The van der Waals surface area contributed by atoms with Gasteiger partial charge in [-0.2, -0.15) is 0 Å². The number of hydrogen-bond acceptors (Lipinski definition) is 4. The van der Waals surface area contributed by atoms with Gasteiger partial charge in [0.05, 0.1) is 6.04 Å². The monoisotopic (exact) mass is 301 g/mol. The molecule has 4 rings (SSSR count). The van der Waals surface area contributed by atoms with Gasteiger partial charge in [-0.15, -0.1) is 0 Å². The highest BCUT2D eigenvalue weighted by Gasteiger charge is 2.42. The molecule has 0 N–H and O–H groups in total. The lowest BCUT2D eigenvalue weighted by atomic mass is 9.93. The molecule has 22 heavy (non-hydrogen) atoms. The van der Waals surface area contributed by atoms with E-state index in [1.54, 1.807) is 0 Å². The number of carbonyl (C=O) groups excluding carboxylic acids is 1. The average Bonchev–Trinajstić information content (AvgIpc) is 3.08. The lowest BCUT2D eigenvalue weighted by Crippen LogP contribution is -2.29. The van der Waals surface area contributed by atoms with Crippen LogP contribution >= 0.6 is 0 Å². The standard InChI is InChI=1S/C18H23NO3/c20-18-8-7-17(22-18)10-13-3-1-6-16(9-13)21-12-15-11-19(15)14-4-2-5-14/h1,3,6,9,14-15,17H,2,4-5,7-8,10-12H2. The molecule has 0 bridgehead atoms. The van der Waals surface area contributed by atoms with Gasteiger partial charge in [0.1, 0.15) is 18.5 Å². The molecule has 3 fully saturated rings. The summed E-state index contributed by atoms with van der Waals surface area (Å²) < 4.78 is 11.2. The summed E-state index contributed by atoms with van der Waals surface area (Å²) in [5, 5.41) is 0. The number of esters is 1. The van der Waals surface area contributed by atoms with Crippen molar-refractivity contribution in [1.29, 1.82) is 0 Å². The van der Waals surface area contributed by atoms with Crippen molar-refractivity contribution < 1.29 is 14.3 Å². The first-order valence-electron chi connectivity index (χ1n) is 8.45. The highest BCUT2D eigenvalue weighted by molar-refractivity contribution is 5.71. The van der Waals surface area contributed by atoms with Crippen LogP contribution in [0.25, 0.3) is 0 Å². The number of rotatable bonds is 6. The molecule has 0 aromatic heterocycles. The maximum atomic E-state index is 11.2. The maximum Gasteiger partial charge on any atom is 0.306 e. The molecule has 1 aliphatic carbocycles. The SMILES string of the molecule is O=C1CCC(Cc2cccc(OCC3CN3C3CCC3)c2)O1. The van der Waals surface area contributed by atoms with Crippen LogP contribution in [0.4, 0.5) is 0 Å². The van der Waals surface area contributed by atoms with Gasteiger partial charge in [0.15, 0.2) is 0 Å². The topological polar surface area (TPSA) is 38.5 Å². The fourth-order valence-corrected chi connectivity index (χ4v) is 3.45. The maximum absolute atomic E-state index is 11.2. The van der Waals surface area contributed by atoms with Crippen molar-refractivity contribution in [2.45, 2.75) is 56.7 Å². The van der Waals surface area contributed by atoms with E-state index < -0.39 is 0 Å². The number of carbonyl (C=O) groups is 1. The molecular weight excluding hydrogens is 278 g/mol. The second kappa shape index (κ2) is 5.92. The number of ether oxygens (including phenoxy) is 2. The fraction of sp³-hybridized carbons (Fsp3) is 0.611. The molecule has 0 spiro atoms.